The van der Waals surface area contributed by atoms with Crippen molar-refractivity contribution in [1.82, 2.24) is 0 Å². The van der Waals surface area contributed by atoms with Gasteiger partial charge in [-0.25, -0.2) is 14.4 Å². The molecule has 150 valence electrons. The first-order valence-electron chi connectivity index (χ1n) is 8.53. The van der Waals surface area contributed by atoms with Crippen molar-refractivity contribution in [3.8, 4) is 0 Å². The lowest BCUT2D eigenvalue weighted by Crippen LogP contribution is -2.18. The number of carbonyl (C=O) groups is 3. The van der Waals surface area contributed by atoms with Crippen LogP contribution >= 0.6 is 0 Å². The topological polar surface area (TPSA) is 111 Å². The Kier molecular flexibility index (Phi) is 12.6. The number of hydrogen-bond donors (Lipinski definition) is 0. The fraction of sp³-hybridized carbons (Fsp3) is 0.421. The SMILES string of the molecule is CCOC(=O)C(=CC=CC=C/C(C(=O)OCC)=C(\[O-])OCC)C(=O)OCC. The Bertz CT molecular complexity index is 606. The van der Waals surface area contributed by atoms with E-state index in [1.54, 1.807) is 27.7 Å². The molecule has 0 N–H and O–H groups in total. The van der Waals surface area contributed by atoms with E-state index in [0.29, 0.717) is 0 Å². The quantitative estimate of drug-likeness (QED) is 0.100. The van der Waals surface area contributed by atoms with Crippen molar-refractivity contribution in [2.24, 2.45) is 0 Å². The van der Waals surface area contributed by atoms with Gasteiger partial charge in [0, 0.05) is 0 Å². The molecule has 0 saturated heterocycles. The van der Waals surface area contributed by atoms with E-state index in [0.717, 1.165) is 0 Å². The van der Waals surface area contributed by atoms with Crippen molar-refractivity contribution >= 4 is 17.9 Å². The molecule has 8 heteroatoms. The molecule has 0 aromatic heterocycles. The Morgan fingerprint density at radius 1 is 0.704 bits per heavy atom. The summed E-state index contributed by atoms with van der Waals surface area (Å²) in [5.74, 6) is -3.24. The molecule has 0 heterocycles. The van der Waals surface area contributed by atoms with Crippen molar-refractivity contribution in [3.63, 3.8) is 0 Å². The minimum absolute atomic E-state index is 0.108. The van der Waals surface area contributed by atoms with Crippen molar-refractivity contribution in [2.45, 2.75) is 27.7 Å². The van der Waals surface area contributed by atoms with Gasteiger partial charge in [-0.1, -0.05) is 25.2 Å². The van der Waals surface area contributed by atoms with Crippen LogP contribution in [0, 0.1) is 0 Å². The molecule has 0 bridgehead atoms. The molecule has 27 heavy (non-hydrogen) atoms. The Morgan fingerprint density at radius 3 is 1.67 bits per heavy atom. The van der Waals surface area contributed by atoms with Gasteiger partial charge >= 0.3 is 17.9 Å². The molecule has 8 nitrogen and oxygen atoms in total. The number of rotatable bonds is 11. The van der Waals surface area contributed by atoms with E-state index in [-0.39, 0.29) is 37.6 Å². The Balaban J connectivity index is 5.38. The van der Waals surface area contributed by atoms with Crippen LogP contribution in [0.1, 0.15) is 27.7 Å². The zero-order valence-electron chi connectivity index (χ0n) is 16.0. The Labute approximate surface area is 158 Å². The molecule has 0 aliphatic carbocycles. The predicted molar refractivity (Wildman–Crippen MR) is 94.9 cm³/mol. The molecule has 0 aromatic rings. The molecular weight excluding hydrogens is 356 g/mol. The predicted octanol–water partition coefficient (Wildman–Crippen LogP) is 1.32. The molecule has 0 aromatic carbocycles. The van der Waals surface area contributed by atoms with Crippen LogP contribution in [0.2, 0.25) is 0 Å². The molecule has 0 radical (unpaired) electrons. The summed E-state index contributed by atoms with van der Waals surface area (Å²) in [6, 6.07) is 0. The van der Waals surface area contributed by atoms with Gasteiger partial charge in [-0.2, -0.15) is 0 Å². The minimum atomic E-state index is -0.810. The van der Waals surface area contributed by atoms with Crippen LogP contribution in [0.25, 0.3) is 0 Å². The first-order valence-corrected chi connectivity index (χ1v) is 8.53. The second-order valence-corrected chi connectivity index (χ2v) is 4.62. The van der Waals surface area contributed by atoms with E-state index in [1.165, 1.54) is 30.4 Å². The van der Waals surface area contributed by atoms with E-state index in [2.05, 4.69) is 0 Å². The number of esters is 3. The first-order chi connectivity index (χ1) is 12.9. The summed E-state index contributed by atoms with van der Waals surface area (Å²) in [4.78, 5) is 35.4. The average molecular weight is 381 g/mol. The van der Waals surface area contributed by atoms with Gasteiger partial charge in [0.1, 0.15) is 5.57 Å². The van der Waals surface area contributed by atoms with Gasteiger partial charge in [-0.3, -0.25) is 0 Å². The molecule has 0 aliphatic heterocycles. The molecule has 0 rings (SSSR count). The molecule has 0 amide bonds. The second-order valence-electron chi connectivity index (χ2n) is 4.62. The molecular formula is C19H25O8-. The minimum Gasteiger partial charge on any atom is -0.613 e. The van der Waals surface area contributed by atoms with Crippen LogP contribution in [0.15, 0.2) is 47.5 Å². The Hall–Kier alpha value is -3.03. The number of ether oxygens (including phenoxy) is 4. The van der Waals surface area contributed by atoms with Gasteiger partial charge in [0.25, 0.3) is 0 Å². The molecule has 0 spiro atoms. The van der Waals surface area contributed by atoms with Crippen LogP contribution in [0.3, 0.4) is 0 Å². The zero-order valence-corrected chi connectivity index (χ0v) is 16.0. The van der Waals surface area contributed by atoms with Crippen LogP contribution in [0.4, 0.5) is 0 Å². The highest BCUT2D eigenvalue weighted by molar-refractivity contribution is 6.14. The van der Waals surface area contributed by atoms with Gasteiger partial charge in [0.05, 0.1) is 31.3 Å². The lowest BCUT2D eigenvalue weighted by Gasteiger charge is -2.15. The largest absolute Gasteiger partial charge is 0.613 e. The maximum absolute atomic E-state index is 11.8. The van der Waals surface area contributed by atoms with Gasteiger partial charge in [-0.05, 0) is 39.5 Å². The van der Waals surface area contributed by atoms with Crippen LogP contribution in [-0.4, -0.2) is 44.3 Å². The van der Waals surface area contributed by atoms with Gasteiger partial charge in [-0.15, -0.1) is 0 Å². The summed E-state index contributed by atoms with van der Waals surface area (Å²) in [7, 11) is 0. The lowest BCUT2D eigenvalue weighted by molar-refractivity contribution is -0.357. The van der Waals surface area contributed by atoms with Crippen molar-refractivity contribution in [2.75, 3.05) is 26.4 Å². The number of allylic oxidation sites excluding steroid dienone is 4. The molecule has 0 saturated carbocycles. The average Bonchev–Trinajstić information content (AvgIpc) is 2.61. The fourth-order valence-corrected chi connectivity index (χ4v) is 1.64. The third-order valence-electron chi connectivity index (χ3n) is 2.73. The maximum Gasteiger partial charge on any atom is 0.345 e. The molecule has 0 aliphatic rings. The number of hydrogen-bond acceptors (Lipinski definition) is 8. The van der Waals surface area contributed by atoms with Gasteiger partial charge in [0.2, 0.25) is 0 Å². The highest BCUT2D eigenvalue weighted by atomic mass is 16.6. The summed E-state index contributed by atoms with van der Waals surface area (Å²) in [6.07, 6.45) is 6.58. The van der Waals surface area contributed by atoms with Gasteiger partial charge < -0.3 is 24.1 Å². The standard InChI is InChI=1S/C19H26O8/c1-5-24-16(20)14(17(21)25-6-2)12-10-9-11-13-15(18(22)26-7-3)19(23)27-8-4/h9-13,20H,5-8H2,1-4H3/p-1/b11-9?,12-10?,16-14-. The van der Waals surface area contributed by atoms with Crippen LogP contribution < -0.4 is 5.11 Å². The van der Waals surface area contributed by atoms with E-state index >= 15 is 0 Å². The summed E-state index contributed by atoms with van der Waals surface area (Å²) in [5.41, 5.74) is -0.549. The molecule has 0 atom stereocenters. The smallest absolute Gasteiger partial charge is 0.345 e. The maximum atomic E-state index is 11.8. The van der Waals surface area contributed by atoms with E-state index in [4.69, 9.17) is 18.9 Å². The van der Waals surface area contributed by atoms with Crippen LogP contribution in [0.5, 0.6) is 0 Å². The fourth-order valence-electron chi connectivity index (χ4n) is 1.64. The monoisotopic (exact) mass is 381 g/mol. The van der Waals surface area contributed by atoms with Crippen molar-refractivity contribution in [3.05, 3.63) is 47.5 Å². The summed E-state index contributed by atoms with van der Waals surface area (Å²) >= 11 is 0. The Morgan fingerprint density at radius 2 is 1.19 bits per heavy atom. The van der Waals surface area contributed by atoms with Crippen molar-refractivity contribution in [1.29, 1.82) is 0 Å². The first kappa shape index (κ1) is 24.0. The molecule has 0 unspecified atom stereocenters. The van der Waals surface area contributed by atoms with E-state index in [9.17, 15) is 19.5 Å². The normalized spacial score (nSPS) is 11.7. The summed E-state index contributed by atoms with van der Waals surface area (Å²) < 4.78 is 19.2. The highest BCUT2D eigenvalue weighted by Gasteiger charge is 2.19. The van der Waals surface area contributed by atoms with Crippen molar-refractivity contribution < 1.29 is 38.4 Å². The second kappa shape index (κ2) is 14.2. The number of carbonyl (C=O) groups excluding carboxylic acids is 3. The summed E-state index contributed by atoms with van der Waals surface area (Å²) in [6.45, 7) is 6.88. The third-order valence-corrected chi connectivity index (χ3v) is 2.73. The van der Waals surface area contributed by atoms with Gasteiger partial charge in [0.15, 0.2) is 0 Å². The zero-order chi connectivity index (χ0) is 20.7. The van der Waals surface area contributed by atoms with E-state index < -0.39 is 23.9 Å². The highest BCUT2D eigenvalue weighted by Crippen LogP contribution is 2.07. The summed E-state index contributed by atoms with van der Waals surface area (Å²) in [5, 5.41) is 11.8. The third kappa shape index (κ3) is 9.29. The van der Waals surface area contributed by atoms with Crippen LogP contribution in [-0.2, 0) is 33.3 Å². The van der Waals surface area contributed by atoms with E-state index in [1.807, 2.05) is 0 Å². The lowest BCUT2D eigenvalue weighted by atomic mass is 10.2. The molecule has 0 fully saturated rings.